The van der Waals surface area contributed by atoms with E-state index in [0.29, 0.717) is 13.1 Å². The van der Waals surface area contributed by atoms with Gasteiger partial charge in [0.15, 0.2) is 0 Å². The van der Waals surface area contributed by atoms with Gasteiger partial charge < -0.3 is 9.64 Å². The van der Waals surface area contributed by atoms with Crippen LogP contribution in [0.2, 0.25) is 0 Å². The normalized spacial score (nSPS) is 32.0. The predicted octanol–water partition coefficient (Wildman–Crippen LogP) is 4.08. The standard InChI is InChI=1S/C19H27N3O2/c1-17(2,3)24-16(23)22-13-18(4)12-20-21-19(18,5)15(22)11-14-9-7-6-8-10-14/h6-10,15H,11-13H2,1-5H3/t15-,18-,19+/m0/s1. The Labute approximate surface area is 144 Å². The van der Waals surface area contributed by atoms with E-state index in [-0.39, 0.29) is 23.1 Å². The highest BCUT2D eigenvalue weighted by Gasteiger charge is 2.63. The lowest BCUT2D eigenvalue weighted by Gasteiger charge is -2.34. The average Bonchev–Trinajstić information content (AvgIpc) is 2.88. The molecule has 1 aromatic carbocycles. The van der Waals surface area contributed by atoms with Crippen LogP contribution >= 0.6 is 0 Å². The maximum Gasteiger partial charge on any atom is 0.410 e. The molecule has 0 N–H and O–H groups in total. The van der Waals surface area contributed by atoms with Gasteiger partial charge in [0.1, 0.15) is 11.1 Å². The molecule has 1 saturated heterocycles. The summed E-state index contributed by atoms with van der Waals surface area (Å²) in [6, 6.07) is 10.2. The molecular formula is C19H27N3O2. The van der Waals surface area contributed by atoms with Crippen molar-refractivity contribution in [3.8, 4) is 0 Å². The highest BCUT2D eigenvalue weighted by molar-refractivity contribution is 5.70. The number of likely N-dealkylation sites (tertiary alicyclic amines) is 1. The van der Waals surface area contributed by atoms with Crippen molar-refractivity contribution in [3.63, 3.8) is 0 Å². The molecule has 3 rings (SSSR count). The van der Waals surface area contributed by atoms with Gasteiger partial charge in [0.25, 0.3) is 0 Å². The Morgan fingerprint density at radius 2 is 1.96 bits per heavy atom. The summed E-state index contributed by atoms with van der Waals surface area (Å²) in [4.78, 5) is 14.7. The van der Waals surface area contributed by atoms with Crippen LogP contribution in [0, 0.1) is 5.41 Å². The van der Waals surface area contributed by atoms with Crippen molar-refractivity contribution in [2.75, 3.05) is 13.1 Å². The van der Waals surface area contributed by atoms with Gasteiger partial charge in [-0.25, -0.2) is 4.79 Å². The van der Waals surface area contributed by atoms with Crippen LogP contribution in [-0.2, 0) is 11.2 Å². The summed E-state index contributed by atoms with van der Waals surface area (Å²) in [6.07, 6.45) is 0.501. The summed E-state index contributed by atoms with van der Waals surface area (Å²) in [5.41, 5.74) is 0.182. The molecule has 2 heterocycles. The first-order chi connectivity index (χ1) is 11.1. The number of azo groups is 1. The topological polar surface area (TPSA) is 54.3 Å². The Bertz CT molecular complexity index is 652. The molecule has 2 aliphatic rings. The lowest BCUT2D eigenvalue weighted by molar-refractivity contribution is 0.0196. The maximum absolute atomic E-state index is 12.8. The van der Waals surface area contributed by atoms with Crippen molar-refractivity contribution < 1.29 is 9.53 Å². The summed E-state index contributed by atoms with van der Waals surface area (Å²) < 4.78 is 5.66. The molecule has 5 heteroatoms. The van der Waals surface area contributed by atoms with Crippen LogP contribution in [0.25, 0.3) is 0 Å². The Morgan fingerprint density at radius 1 is 1.29 bits per heavy atom. The van der Waals surface area contributed by atoms with E-state index in [1.165, 1.54) is 5.56 Å². The number of fused-ring (bicyclic) bond motifs is 1. The van der Waals surface area contributed by atoms with Gasteiger partial charge in [-0.2, -0.15) is 10.2 Å². The zero-order valence-electron chi connectivity index (χ0n) is 15.2. The summed E-state index contributed by atoms with van der Waals surface area (Å²) in [7, 11) is 0. The van der Waals surface area contributed by atoms with E-state index in [9.17, 15) is 4.79 Å². The third-order valence-corrected chi connectivity index (χ3v) is 5.36. The van der Waals surface area contributed by atoms with E-state index < -0.39 is 5.60 Å². The smallest absolute Gasteiger partial charge is 0.410 e. The van der Waals surface area contributed by atoms with Crippen LogP contribution in [-0.4, -0.2) is 41.3 Å². The van der Waals surface area contributed by atoms with Gasteiger partial charge >= 0.3 is 6.09 Å². The molecule has 0 aromatic heterocycles. The largest absolute Gasteiger partial charge is 0.444 e. The van der Waals surface area contributed by atoms with Crippen molar-refractivity contribution >= 4 is 6.09 Å². The van der Waals surface area contributed by atoms with Crippen LogP contribution in [0.15, 0.2) is 40.6 Å². The molecule has 1 aromatic rings. The van der Waals surface area contributed by atoms with Gasteiger partial charge in [-0.05, 0) is 39.7 Å². The Hall–Kier alpha value is -1.91. The van der Waals surface area contributed by atoms with E-state index in [1.54, 1.807) is 0 Å². The fraction of sp³-hybridized carbons (Fsp3) is 0.632. The zero-order valence-corrected chi connectivity index (χ0v) is 15.2. The van der Waals surface area contributed by atoms with Crippen LogP contribution in [0.1, 0.15) is 40.2 Å². The number of hydrogen-bond acceptors (Lipinski definition) is 4. The van der Waals surface area contributed by atoms with Crippen molar-refractivity contribution in [2.24, 2.45) is 15.6 Å². The summed E-state index contributed by atoms with van der Waals surface area (Å²) in [5.74, 6) is 0. The minimum Gasteiger partial charge on any atom is -0.444 e. The Morgan fingerprint density at radius 3 is 2.58 bits per heavy atom. The second-order valence-electron chi connectivity index (χ2n) is 8.42. The van der Waals surface area contributed by atoms with E-state index in [4.69, 9.17) is 4.74 Å². The quantitative estimate of drug-likeness (QED) is 0.821. The van der Waals surface area contributed by atoms with Crippen LogP contribution < -0.4 is 0 Å². The number of hydrogen-bond donors (Lipinski definition) is 0. The van der Waals surface area contributed by atoms with Crippen molar-refractivity contribution in [1.29, 1.82) is 0 Å². The van der Waals surface area contributed by atoms with E-state index in [0.717, 1.165) is 6.42 Å². The van der Waals surface area contributed by atoms with Gasteiger partial charge in [-0.3, -0.25) is 0 Å². The van der Waals surface area contributed by atoms with Crippen molar-refractivity contribution in [3.05, 3.63) is 35.9 Å². The summed E-state index contributed by atoms with van der Waals surface area (Å²) in [6.45, 7) is 11.3. The van der Waals surface area contributed by atoms with Gasteiger partial charge in [-0.1, -0.05) is 37.3 Å². The van der Waals surface area contributed by atoms with Crippen LogP contribution in [0.5, 0.6) is 0 Å². The van der Waals surface area contributed by atoms with Gasteiger partial charge in [0, 0.05) is 12.0 Å². The third-order valence-electron chi connectivity index (χ3n) is 5.36. The summed E-state index contributed by atoms with van der Waals surface area (Å²) in [5, 5.41) is 8.90. The van der Waals surface area contributed by atoms with Crippen molar-refractivity contribution in [2.45, 2.75) is 58.2 Å². The van der Waals surface area contributed by atoms with Gasteiger partial charge in [0.05, 0.1) is 12.6 Å². The Kier molecular flexibility index (Phi) is 3.93. The molecule has 130 valence electrons. The minimum absolute atomic E-state index is 0.0500. The number of carbonyl (C=O) groups is 1. The fourth-order valence-corrected chi connectivity index (χ4v) is 3.75. The lowest BCUT2D eigenvalue weighted by atomic mass is 9.72. The number of benzene rings is 1. The molecule has 0 unspecified atom stereocenters. The molecule has 1 amide bonds. The number of amides is 1. The van der Waals surface area contributed by atoms with E-state index in [2.05, 4.69) is 36.2 Å². The van der Waals surface area contributed by atoms with Gasteiger partial charge in [0.2, 0.25) is 0 Å². The highest BCUT2D eigenvalue weighted by Crippen LogP contribution is 2.51. The monoisotopic (exact) mass is 329 g/mol. The van der Waals surface area contributed by atoms with Crippen LogP contribution in [0.3, 0.4) is 0 Å². The SMILES string of the molecule is CC(C)(C)OC(=O)N1C[C@]2(C)CN=N[C@]2(C)[C@@H]1Cc1ccccc1. The lowest BCUT2D eigenvalue weighted by Crippen LogP contribution is -2.49. The summed E-state index contributed by atoms with van der Waals surface area (Å²) >= 11 is 0. The second kappa shape index (κ2) is 5.57. The van der Waals surface area contributed by atoms with E-state index >= 15 is 0 Å². The molecule has 0 aliphatic carbocycles. The molecule has 0 radical (unpaired) electrons. The molecule has 0 saturated carbocycles. The first kappa shape index (κ1) is 16.9. The number of nitrogens with zero attached hydrogens (tertiary/aromatic N) is 3. The fourth-order valence-electron chi connectivity index (χ4n) is 3.75. The Balaban J connectivity index is 1.92. The van der Waals surface area contributed by atoms with Crippen molar-refractivity contribution in [1.82, 2.24) is 4.90 Å². The number of carbonyl (C=O) groups excluding carboxylic acids is 1. The molecule has 0 spiro atoms. The van der Waals surface area contributed by atoms with Crippen LogP contribution in [0.4, 0.5) is 4.79 Å². The molecule has 5 nitrogen and oxygen atoms in total. The molecule has 0 bridgehead atoms. The number of rotatable bonds is 2. The zero-order chi connectivity index (χ0) is 17.6. The number of ether oxygens (including phenoxy) is 1. The molecule has 2 aliphatic heterocycles. The molecule has 1 fully saturated rings. The molecule has 3 atom stereocenters. The van der Waals surface area contributed by atoms with E-state index in [1.807, 2.05) is 43.9 Å². The average molecular weight is 329 g/mol. The second-order valence-corrected chi connectivity index (χ2v) is 8.42. The first-order valence-corrected chi connectivity index (χ1v) is 8.57. The third kappa shape index (κ3) is 2.80. The maximum atomic E-state index is 12.8. The minimum atomic E-state index is -0.505. The predicted molar refractivity (Wildman–Crippen MR) is 93.1 cm³/mol. The first-order valence-electron chi connectivity index (χ1n) is 8.57. The van der Waals surface area contributed by atoms with Gasteiger partial charge in [-0.15, -0.1) is 0 Å². The highest BCUT2D eigenvalue weighted by atomic mass is 16.6. The molecular weight excluding hydrogens is 302 g/mol. The molecule has 24 heavy (non-hydrogen) atoms.